The number of nitrogens with zero attached hydrogens (tertiary/aromatic N) is 3. The summed E-state index contributed by atoms with van der Waals surface area (Å²) >= 11 is 3.54. The topological polar surface area (TPSA) is 85.0 Å². The van der Waals surface area contributed by atoms with Gasteiger partial charge in [0.05, 0.1) is 11.8 Å². The van der Waals surface area contributed by atoms with Crippen LogP contribution in [0.15, 0.2) is 93.2 Å². The molecule has 0 fully saturated rings. The number of carbonyl (C=O) groups excluding carboxylic acids is 1. The molecule has 0 spiro atoms. The van der Waals surface area contributed by atoms with E-state index in [1.165, 1.54) is 0 Å². The molecule has 1 amide bonds. The van der Waals surface area contributed by atoms with E-state index in [4.69, 9.17) is 4.42 Å². The molecule has 154 valence electrons. The Morgan fingerprint density at radius 2 is 1.97 bits per heavy atom. The monoisotopic (exact) mass is 475 g/mol. The highest BCUT2D eigenvalue weighted by atomic mass is 79.9. The van der Waals surface area contributed by atoms with Crippen LogP contribution in [-0.4, -0.2) is 20.7 Å². The fourth-order valence-corrected chi connectivity index (χ4v) is 4.08. The Hall–Kier alpha value is -3.65. The number of fused-ring (bicyclic) bond motifs is 1. The molecular weight excluding hydrogens is 458 g/mol. The number of aromatic nitrogens is 3. The largest absolute Gasteiger partial charge is 0.461 e. The van der Waals surface area contributed by atoms with Gasteiger partial charge in [0.25, 0.3) is 5.91 Å². The summed E-state index contributed by atoms with van der Waals surface area (Å²) in [4.78, 5) is 18.0. The van der Waals surface area contributed by atoms with Crippen molar-refractivity contribution in [1.29, 1.82) is 0 Å². The number of allylic oxidation sites excluding steroid dienone is 1. The van der Waals surface area contributed by atoms with Crippen molar-refractivity contribution in [3.05, 3.63) is 94.3 Å². The van der Waals surface area contributed by atoms with E-state index in [0.717, 1.165) is 15.7 Å². The van der Waals surface area contributed by atoms with Crippen LogP contribution < -0.4 is 10.6 Å². The summed E-state index contributed by atoms with van der Waals surface area (Å²) in [7, 11) is 0. The molecule has 7 nitrogen and oxygen atoms in total. The minimum atomic E-state index is -0.464. The minimum Gasteiger partial charge on any atom is -0.461 e. The maximum Gasteiger partial charge on any atom is 0.255 e. The number of furan rings is 1. The molecule has 0 bridgehead atoms. The van der Waals surface area contributed by atoms with Crippen LogP contribution in [0.3, 0.4) is 0 Å². The third-order valence-electron chi connectivity index (χ3n) is 5.03. The highest BCUT2D eigenvalue weighted by Crippen LogP contribution is 2.37. The van der Waals surface area contributed by atoms with Crippen LogP contribution in [0.1, 0.15) is 18.5 Å². The third kappa shape index (κ3) is 3.66. The number of halogens is 1. The lowest BCUT2D eigenvalue weighted by Crippen LogP contribution is -2.31. The number of anilines is 2. The van der Waals surface area contributed by atoms with Gasteiger partial charge in [0, 0.05) is 15.9 Å². The maximum absolute atomic E-state index is 13.4. The molecule has 2 aromatic carbocycles. The van der Waals surface area contributed by atoms with Crippen molar-refractivity contribution in [2.45, 2.75) is 13.0 Å². The highest BCUT2D eigenvalue weighted by molar-refractivity contribution is 9.10. The molecule has 31 heavy (non-hydrogen) atoms. The second-order valence-corrected chi connectivity index (χ2v) is 8.04. The van der Waals surface area contributed by atoms with Crippen LogP contribution >= 0.6 is 15.9 Å². The van der Waals surface area contributed by atoms with Gasteiger partial charge in [-0.15, -0.1) is 5.10 Å². The molecule has 5 rings (SSSR count). The molecule has 1 atom stereocenters. The molecular formula is C23H18BrN5O2. The molecule has 1 aliphatic heterocycles. The van der Waals surface area contributed by atoms with E-state index < -0.39 is 6.04 Å². The number of nitrogens with one attached hydrogen (secondary N) is 2. The van der Waals surface area contributed by atoms with Crippen LogP contribution in [0, 0.1) is 0 Å². The summed E-state index contributed by atoms with van der Waals surface area (Å²) in [5, 5.41) is 10.9. The Bertz CT molecular complexity index is 1280. The van der Waals surface area contributed by atoms with Gasteiger partial charge in [0.2, 0.25) is 11.8 Å². The second kappa shape index (κ2) is 7.88. The first-order chi connectivity index (χ1) is 15.1. The molecule has 0 saturated carbocycles. The smallest absolute Gasteiger partial charge is 0.255 e. The first-order valence-electron chi connectivity index (χ1n) is 9.70. The van der Waals surface area contributed by atoms with E-state index in [1.54, 1.807) is 23.1 Å². The lowest BCUT2D eigenvalue weighted by atomic mass is 9.95. The van der Waals surface area contributed by atoms with Gasteiger partial charge in [0.1, 0.15) is 6.04 Å². The van der Waals surface area contributed by atoms with Crippen LogP contribution in [0.4, 0.5) is 11.6 Å². The molecule has 0 saturated heterocycles. The zero-order chi connectivity index (χ0) is 21.4. The van der Waals surface area contributed by atoms with Crippen molar-refractivity contribution in [3.63, 3.8) is 0 Å². The molecule has 0 unspecified atom stereocenters. The average Bonchev–Trinajstić information content (AvgIpc) is 3.43. The summed E-state index contributed by atoms with van der Waals surface area (Å²) in [5.41, 5.74) is 2.90. The number of benzene rings is 2. The van der Waals surface area contributed by atoms with Crippen LogP contribution in [0.25, 0.3) is 11.6 Å². The first kappa shape index (κ1) is 19.3. The van der Waals surface area contributed by atoms with E-state index >= 15 is 0 Å². The van der Waals surface area contributed by atoms with Crippen LogP contribution in [0.5, 0.6) is 0 Å². The Labute approximate surface area is 186 Å². The van der Waals surface area contributed by atoms with Crippen LogP contribution in [-0.2, 0) is 4.79 Å². The molecule has 1 aliphatic rings. The van der Waals surface area contributed by atoms with Gasteiger partial charge < -0.3 is 15.1 Å². The number of hydrogen-bond acceptors (Lipinski definition) is 5. The standard InChI is InChI=1S/C23H18BrN5O2/c1-14-19(22(30)26-17-9-3-2-4-10-17)20(15-7-5-8-16(24)13-15)29-23(25-14)27-21(28-29)18-11-6-12-31-18/h2-13,20H,1H3,(H,26,30)(H,25,27,28)/t20-/m0/s1. The van der Waals surface area contributed by atoms with Crippen molar-refractivity contribution < 1.29 is 9.21 Å². The third-order valence-corrected chi connectivity index (χ3v) is 5.53. The fourth-order valence-electron chi connectivity index (χ4n) is 3.66. The predicted octanol–water partition coefficient (Wildman–Crippen LogP) is 5.23. The van der Waals surface area contributed by atoms with Gasteiger partial charge in [-0.05, 0) is 48.9 Å². The molecule has 2 N–H and O–H groups in total. The summed E-state index contributed by atoms with van der Waals surface area (Å²) in [6.45, 7) is 1.87. The Balaban J connectivity index is 1.62. The van der Waals surface area contributed by atoms with Gasteiger partial charge in [0.15, 0.2) is 5.76 Å². The van der Waals surface area contributed by atoms with Gasteiger partial charge in [-0.25, -0.2) is 4.68 Å². The molecule has 4 aromatic rings. The zero-order valence-electron chi connectivity index (χ0n) is 16.5. The minimum absolute atomic E-state index is 0.207. The number of amides is 1. The lowest BCUT2D eigenvalue weighted by molar-refractivity contribution is -0.113. The van der Waals surface area contributed by atoms with Gasteiger partial charge in [-0.1, -0.05) is 46.3 Å². The van der Waals surface area contributed by atoms with Crippen molar-refractivity contribution in [1.82, 2.24) is 14.8 Å². The predicted molar refractivity (Wildman–Crippen MR) is 121 cm³/mol. The molecule has 0 radical (unpaired) electrons. The van der Waals surface area contributed by atoms with Crippen molar-refractivity contribution in [3.8, 4) is 11.6 Å². The van der Waals surface area contributed by atoms with E-state index in [-0.39, 0.29) is 5.91 Å². The SMILES string of the molecule is CC1=C(C(=O)Nc2ccccc2)[C@H](c2cccc(Br)c2)n2nc(-c3ccco3)nc2N1. The second-order valence-electron chi connectivity index (χ2n) is 7.12. The molecule has 8 heteroatoms. The van der Waals surface area contributed by atoms with Crippen molar-refractivity contribution in [2.24, 2.45) is 0 Å². The highest BCUT2D eigenvalue weighted by Gasteiger charge is 2.34. The summed E-state index contributed by atoms with van der Waals surface area (Å²) in [6.07, 6.45) is 1.58. The lowest BCUT2D eigenvalue weighted by Gasteiger charge is -2.28. The zero-order valence-corrected chi connectivity index (χ0v) is 18.1. The Morgan fingerprint density at radius 1 is 1.13 bits per heavy atom. The van der Waals surface area contributed by atoms with E-state index in [0.29, 0.717) is 28.8 Å². The van der Waals surface area contributed by atoms with Gasteiger partial charge in [-0.2, -0.15) is 4.98 Å². The maximum atomic E-state index is 13.4. The number of hydrogen-bond donors (Lipinski definition) is 2. The fraction of sp³-hybridized carbons (Fsp3) is 0.0870. The first-order valence-corrected chi connectivity index (χ1v) is 10.5. The number of rotatable bonds is 4. The van der Waals surface area contributed by atoms with E-state index in [9.17, 15) is 4.79 Å². The van der Waals surface area contributed by atoms with Crippen molar-refractivity contribution >= 4 is 33.5 Å². The normalized spacial score (nSPS) is 15.4. The van der Waals surface area contributed by atoms with Gasteiger partial charge >= 0.3 is 0 Å². The Morgan fingerprint density at radius 3 is 2.71 bits per heavy atom. The van der Waals surface area contributed by atoms with Crippen LogP contribution in [0.2, 0.25) is 0 Å². The quantitative estimate of drug-likeness (QED) is 0.422. The molecule has 0 aliphatic carbocycles. The average molecular weight is 476 g/mol. The molecule has 3 heterocycles. The summed E-state index contributed by atoms with van der Waals surface area (Å²) in [5.74, 6) is 1.35. The van der Waals surface area contributed by atoms with Crippen molar-refractivity contribution in [2.75, 3.05) is 10.6 Å². The summed E-state index contributed by atoms with van der Waals surface area (Å²) in [6, 6.07) is 20.4. The summed E-state index contributed by atoms with van der Waals surface area (Å²) < 4.78 is 8.11. The Kier molecular flexibility index (Phi) is 4.91. The number of para-hydroxylation sites is 1. The van der Waals surface area contributed by atoms with E-state index in [1.807, 2.05) is 61.5 Å². The number of carbonyl (C=O) groups is 1. The van der Waals surface area contributed by atoms with E-state index in [2.05, 4.69) is 36.6 Å². The van der Waals surface area contributed by atoms with Gasteiger partial charge in [-0.3, -0.25) is 4.79 Å². The molecule has 2 aromatic heterocycles.